The average molecular weight is 515 g/mol. The van der Waals surface area contributed by atoms with Crippen molar-refractivity contribution in [3.8, 4) is 11.5 Å². The third kappa shape index (κ3) is 8.74. The summed E-state index contributed by atoms with van der Waals surface area (Å²) in [6.45, 7) is 8.92. The lowest BCUT2D eigenvalue weighted by Gasteiger charge is -2.35. The van der Waals surface area contributed by atoms with Crippen molar-refractivity contribution in [1.82, 2.24) is 0 Å². The first kappa shape index (κ1) is 29.5. The van der Waals surface area contributed by atoms with Crippen molar-refractivity contribution in [2.45, 2.75) is 155 Å². The Balaban J connectivity index is 1.25. The van der Waals surface area contributed by atoms with E-state index in [1.807, 2.05) is 17.8 Å². The van der Waals surface area contributed by atoms with Gasteiger partial charge in [-0.1, -0.05) is 117 Å². The second-order valence-electron chi connectivity index (χ2n) is 11.9. The molecule has 0 saturated heterocycles. The van der Waals surface area contributed by atoms with E-state index in [0.29, 0.717) is 11.7 Å². The molecule has 0 aliphatic carbocycles. The van der Waals surface area contributed by atoms with E-state index in [1.54, 1.807) is 0 Å². The van der Waals surface area contributed by atoms with Crippen LogP contribution in [-0.4, -0.2) is 16.5 Å². The van der Waals surface area contributed by atoms with Crippen LogP contribution in [0.5, 0.6) is 11.5 Å². The Morgan fingerprint density at radius 3 is 1.92 bits per heavy atom. The normalized spacial score (nSPS) is 17.1. The van der Waals surface area contributed by atoms with Crippen LogP contribution in [-0.2, 0) is 0 Å². The summed E-state index contributed by atoms with van der Waals surface area (Å²) >= 11 is 1.89. The standard InChI is InChI=1S/C33H54O2S/c1-5-6-7-8-9-10-11-12-13-14-15-16-17-18-19-20-21-26(2)27-24-29(34)31-28-22-23-36-32(28)33(3,4)35-30(31)25-27/h24-26,34H,5-23H2,1-4H3. The second kappa shape index (κ2) is 15.4. The van der Waals surface area contributed by atoms with Crippen molar-refractivity contribution in [3.05, 3.63) is 28.2 Å². The third-order valence-electron chi connectivity index (χ3n) is 8.25. The molecule has 1 aromatic rings. The average Bonchev–Trinajstić information content (AvgIpc) is 3.34. The topological polar surface area (TPSA) is 29.5 Å². The number of ether oxygens (including phenoxy) is 1. The van der Waals surface area contributed by atoms with Gasteiger partial charge in [-0.15, -0.1) is 11.8 Å². The second-order valence-corrected chi connectivity index (χ2v) is 13.0. The van der Waals surface area contributed by atoms with Crippen molar-refractivity contribution in [3.63, 3.8) is 0 Å². The number of allylic oxidation sites excluding steroid dienone is 1. The van der Waals surface area contributed by atoms with Crippen LogP contribution in [0.2, 0.25) is 0 Å². The number of thioether (sulfide) groups is 1. The molecule has 2 aliphatic rings. The minimum absolute atomic E-state index is 0.286. The first-order valence-corrected chi connectivity index (χ1v) is 16.3. The summed E-state index contributed by atoms with van der Waals surface area (Å²) in [6.07, 6.45) is 24.8. The number of hydrogen-bond donors (Lipinski definition) is 1. The molecule has 0 saturated carbocycles. The minimum atomic E-state index is -0.286. The molecule has 0 spiro atoms. The van der Waals surface area contributed by atoms with Gasteiger partial charge >= 0.3 is 0 Å². The van der Waals surface area contributed by atoms with Crippen molar-refractivity contribution in [2.75, 3.05) is 5.75 Å². The Hall–Kier alpha value is -1.09. The molecule has 2 aliphatic heterocycles. The van der Waals surface area contributed by atoms with Crippen LogP contribution < -0.4 is 4.74 Å². The molecule has 3 rings (SSSR count). The molecule has 0 aromatic heterocycles. The van der Waals surface area contributed by atoms with Gasteiger partial charge in [0, 0.05) is 10.7 Å². The van der Waals surface area contributed by atoms with E-state index in [2.05, 4.69) is 33.8 Å². The highest BCUT2D eigenvalue weighted by Gasteiger charge is 2.39. The van der Waals surface area contributed by atoms with E-state index in [0.717, 1.165) is 23.5 Å². The van der Waals surface area contributed by atoms with Gasteiger partial charge in [0.1, 0.15) is 17.1 Å². The Labute approximate surface area is 227 Å². The van der Waals surface area contributed by atoms with Crippen LogP contribution in [0.15, 0.2) is 17.0 Å². The lowest BCUT2D eigenvalue weighted by molar-refractivity contribution is 0.153. The molecule has 2 heterocycles. The van der Waals surface area contributed by atoms with Gasteiger partial charge in [-0.25, -0.2) is 0 Å². The van der Waals surface area contributed by atoms with E-state index in [-0.39, 0.29) is 5.60 Å². The maximum atomic E-state index is 10.9. The Morgan fingerprint density at radius 2 is 1.36 bits per heavy atom. The van der Waals surface area contributed by atoms with E-state index >= 15 is 0 Å². The quantitative estimate of drug-likeness (QED) is 0.197. The lowest BCUT2D eigenvalue weighted by Crippen LogP contribution is -2.32. The van der Waals surface area contributed by atoms with E-state index in [1.165, 1.54) is 125 Å². The van der Waals surface area contributed by atoms with Gasteiger partial charge in [0.25, 0.3) is 0 Å². The Morgan fingerprint density at radius 1 is 0.833 bits per heavy atom. The summed E-state index contributed by atoms with van der Waals surface area (Å²) in [5.74, 6) is 2.84. The molecule has 1 N–H and O–H groups in total. The van der Waals surface area contributed by atoms with Crippen molar-refractivity contribution in [2.24, 2.45) is 0 Å². The number of rotatable bonds is 18. The monoisotopic (exact) mass is 514 g/mol. The summed E-state index contributed by atoms with van der Waals surface area (Å²) in [5.41, 5.74) is 3.19. The fourth-order valence-electron chi connectivity index (χ4n) is 6.01. The number of fused-ring (bicyclic) bond motifs is 2. The fraction of sp³-hybridized carbons (Fsp3) is 0.758. The molecule has 0 amide bonds. The lowest BCUT2D eigenvalue weighted by atomic mass is 9.88. The molecule has 3 heteroatoms. The molecule has 0 radical (unpaired) electrons. The zero-order chi connectivity index (χ0) is 25.8. The summed E-state index contributed by atoms with van der Waals surface area (Å²) in [5, 5.41) is 10.9. The van der Waals surface area contributed by atoms with Gasteiger partial charge in [0.05, 0.1) is 5.56 Å². The highest BCUT2D eigenvalue weighted by molar-refractivity contribution is 8.03. The van der Waals surface area contributed by atoms with Crippen molar-refractivity contribution in [1.29, 1.82) is 0 Å². The summed E-state index contributed by atoms with van der Waals surface area (Å²) in [6, 6.07) is 4.21. The predicted molar refractivity (Wildman–Crippen MR) is 159 cm³/mol. The van der Waals surface area contributed by atoms with Crippen LogP contribution >= 0.6 is 11.8 Å². The molecule has 0 bridgehead atoms. The van der Waals surface area contributed by atoms with Gasteiger partial charge in [0.15, 0.2) is 0 Å². The number of phenols is 1. The van der Waals surface area contributed by atoms with Crippen molar-refractivity contribution < 1.29 is 9.84 Å². The van der Waals surface area contributed by atoms with Gasteiger partial charge in [-0.05, 0) is 55.9 Å². The van der Waals surface area contributed by atoms with Gasteiger partial charge in [-0.3, -0.25) is 0 Å². The third-order valence-corrected chi connectivity index (χ3v) is 9.68. The molecule has 1 atom stereocenters. The maximum Gasteiger partial charge on any atom is 0.134 e. The zero-order valence-corrected chi connectivity index (χ0v) is 24.7. The summed E-state index contributed by atoms with van der Waals surface area (Å²) < 4.78 is 6.40. The summed E-state index contributed by atoms with van der Waals surface area (Å²) in [4.78, 5) is 1.30. The van der Waals surface area contributed by atoms with Crippen LogP contribution in [0.3, 0.4) is 0 Å². The molecule has 1 unspecified atom stereocenters. The highest BCUT2D eigenvalue weighted by atomic mass is 32.2. The molecule has 36 heavy (non-hydrogen) atoms. The first-order chi connectivity index (χ1) is 17.4. The SMILES string of the molecule is CCCCCCCCCCCCCCCCCCC(C)c1cc(O)c2c(c1)OC(C)(C)C1=C2CCS1. The largest absolute Gasteiger partial charge is 0.507 e. The van der Waals surface area contributed by atoms with Crippen LogP contribution in [0.4, 0.5) is 0 Å². The van der Waals surface area contributed by atoms with Crippen molar-refractivity contribution >= 4 is 17.3 Å². The zero-order valence-electron chi connectivity index (χ0n) is 23.9. The van der Waals surface area contributed by atoms with Gasteiger partial charge in [-0.2, -0.15) is 0 Å². The number of phenolic OH excluding ortho intramolecular Hbond substituents is 1. The first-order valence-electron chi connectivity index (χ1n) is 15.4. The maximum absolute atomic E-state index is 10.9. The Bertz CT molecular complexity index is 825. The Kier molecular flexibility index (Phi) is 12.6. The molecule has 204 valence electrons. The van der Waals surface area contributed by atoms with E-state index < -0.39 is 0 Å². The molecule has 0 fully saturated rings. The molecular formula is C33H54O2S. The molecule has 1 aromatic carbocycles. The van der Waals surface area contributed by atoms with Gasteiger partial charge < -0.3 is 9.84 Å². The van der Waals surface area contributed by atoms with E-state index in [9.17, 15) is 5.11 Å². The number of hydrogen-bond acceptors (Lipinski definition) is 3. The number of unbranched alkanes of at least 4 members (excludes halogenated alkanes) is 15. The predicted octanol–water partition coefficient (Wildman–Crippen LogP) is 11.2. The van der Waals surface area contributed by atoms with Gasteiger partial charge in [0.2, 0.25) is 0 Å². The fourth-order valence-corrected chi connectivity index (χ4v) is 7.29. The summed E-state index contributed by atoms with van der Waals surface area (Å²) in [7, 11) is 0. The smallest absolute Gasteiger partial charge is 0.134 e. The molecular weight excluding hydrogens is 460 g/mol. The number of benzene rings is 1. The highest BCUT2D eigenvalue weighted by Crippen LogP contribution is 2.54. The van der Waals surface area contributed by atoms with Crippen LogP contribution in [0.25, 0.3) is 5.57 Å². The number of aromatic hydroxyl groups is 1. The van der Waals surface area contributed by atoms with Crippen LogP contribution in [0.1, 0.15) is 160 Å². The van der Waals surface area contributed by atoms with Crippen LogP contribution in [0, 0.1) is 0 Å². The minimum Gasteiger partial charge on any atom is -0.507 e. The van der Waals surface area contributed by atoms with E-state index in [4.69, 9.17) is 4.74 Å². The molecule has 2 nitrogen and oxygen atoms in total.